The Hall–Kier alpha value is -2.11. The Morgan fingerprint density at radius 3 is 1.78 bits per heavy atom. The summed E-state index contributed by atoms with van der Waals surface area (Å²) < 4.78 is 5.53. The summed E-state index contributed by atoms with van der Waals surface area (Å²) in [5.41, 5.74) is 5.23. The van der Waals surface area contributed by atoms with Crippen molar-refractivity contribution < 1.29 is 51.1 Å². The Bertz CT molecular complexity index is 2000. The third-order valence-corrected chi connectivity index (χ3v) is 9.24. The fraction of sp³-hybridized carbons (Fsp3) is 0.167. The van der Waals surface area contributed by atoms with Crippen LogP contribution in [0.4, 0.5) is 0 Å². The smallest absolute Gasteiger partial charge is 1.00 e. The van der Waals surface area contributed by atoms with Crippen molar-refractivity contribution in [3.8, 4) is 11.5 Å². The van der Waals surface area contributed by atoms with Crippen LogP contribution in [0.2, 0.25) is 0 Å². The van der Waals surface area contributed by atoms with E-state index in [1.165, 1.54) is 0 Å². The number of carbonyl (C=O) groups excluding carboxylic acids is 1. The maximum Gasteiger partial charge on any atom is 1.00 e. The molecule has 0 saturated heterocycles. The SMILES string of the molecule is CCc1nc2cnccn2c1C(=O)c1cc(Br)c(O)c(Br)c1.CCc1nc2cnccn2c1C(O)c1cc(Br)c(O)c(Br)c1.[B].[H-].[Na+]. The number of phenols is 2. The number of rotatable bonds is 6. The molecule has 231 valence electrons. The maximum atomic E-state index is 12.9. The number of benzene rings is 2. The standard InChI is InChI=1S/C15H13Br2N3O2.C15H11Br2N3O2.B.Na.H/c2*1-2-11-13(20-4-3-18-7-12(20)19-11)14(21)8-5-9(16)15(22)10(17)6-8;;;/h3-7,14,21-22H,2H2,1H3;3-7,22H,2H2,1H3;;;/q;;;+1;-1. The van der Waals surface area contributed by atoms with Gasteiger partial charge < -0.3 is 16.7 Å². The Morgan fingerprint density at radius 1 is 0.804 bits per heavy atom. The number of imidazole rings is 2. The van der Waals surface area contributed by atoms with Crippen LogP contribution in [0.25, 0.3) is 11.3 Å². The van der Waals surface area contributed by atoms with Gasteiger partial charge in [0.15, 0.2) is 11.3 Å². The summed E-state index contributed by atoms with van der Waals surface area (Å²) in [4.78, 5) is 30.0. The zero-order chi connectivity index (χ0) is 31.7. The molecule has 4 aromatic heterocycles. The van der Waals surface area contributed by atoms with Crippen LogP contribution in [-0.2, 0) is 12.8 Å². The number of carbonyl (C=O) groups is 1. The number of hydrogen-bond donors (Lipinski definition) is 3. The molecule has 0 aliphatic carbocycles. The number of hydrogen-bond acceptors (Lipinski definition) is 8. The number of aliphatic hydroxyl groups excluding tert-OH is 1. The van der Waals surface area contributed by atoms with Crippen LogP contribution in [0.3, 0.4) is 0 Å². The van der Waals surface area contributed by atoms with Gasteiger partial charge in [0.2, 0.25) is 5.78 Å². The van der Waals surface area contributed by atoms with Crippen LogP contribution in [0.15, 0.2) is 79.3 Å². The monoisotopic (exact) mass is 883 g/mol. The first kappa shape index (κ1) is 38.3. The van der Waals surface area contributed by atoms with E-state index in [2.05, 4.69) is 83.7 Å². The average Bonchev–Trinajstić information content (AvgIpc) is 3.60. The first-order valence-corrected chi connectivity index (χ1v) is 16.4. The van der Waals surface area contributed by atoms with Crippen molar-refractivity contribution in [1.82, 2.24) is 28.7 Å². The van der Waals surface area contributed by atoms with Gasteiger partial charge in [-0.3, -0.25) is 23.6 Å². The molecule has 4 heterocycles. The number of nitrogens with zero attached hydrogens (tertiary/aromatic N) is 6. The Kier molecular flexibility index (Phi) is 13.6. The van der Waals surface area contributed by atoms with E-state index in [0.717, 1.165) is 11.4 Å². The van der Waals surface area contributed by atoms with E-state index in [0.29, 0.717) is 64.5 Å². The molecule has 0 aliphatic heterocycles. The van der Waals surface area contributed by atoms with E-state index in [1.54, 1.807) is 65.8 Å². The molecular weight excluding hydrogens is 862 g/mol. The molecule has 46 heavy (non-hydrogen) atoms. The summed E-state index contributed by atoms with van der Waals surface area (Å²) in [5.74, 6) is 0.0144. The second-order valence-electron chi connectivity index (χ2n) is 9.52. The van der Waals surface area contributed by atoms with E-state index < -0.39 is 6.10 Å². The Balaban J connectivity index is 0.000000307. The van der Waals surface area contributed by atoms with Gasteiger partial charge in [0.05, 0.1) is 47.4 Å². The summed E-state index contributed by atoms with van der Waals surface area (Å²) in [6.45, 7) is 3.95. The van der Waals surface area contributed by atoms with E-state index in [9.17, 15) is 20.1 Å². The molecular formula is C30H25BBr4N6NaO4. The number of fused-ring (bicyclic) bond motifs is 2. The largest absolute Gasteiger partial charge is 1.00 e. The van der Waals surface area contributed by atoms with Gasteiger partial charge in [-0.2, -0.15) is 0 Å². The molecule has 0 amide bonds. The molecule has 10 nitrogen and oxygen atoms in total. The molecule has 0 spiro atoms. The van der Waals surface area contributed by atoms with Gasteiger partial charge in [0.1, 0.15) is 23.3 Å². The van der Waals surface area contributed by atoms with Gasteiger partial charge in [-0.05, 0) is 106 Å². The van der Waals surface area contributed by atoms with Crippen molar-refractivity contribution in [3.05, 3.63) is 113 Å². The van der Waals surface area contributed by atoms with Crippen LogP contribution in [0, 0.1) is 0 Å². The number of aliphatic hydroxyl groups is 1. The molecule has 0 fully saturated rings. The zero-order valence-electron chi connectivity index (χ0n) is 25.8. The second-order valence-corrected chi connectivity index (χ2v) is 12.9. The van der Waals surface area contributed by atoms with E-state index >= 15 is 0 Å². The molecule has 3 N–H and O–H groups in total. The summed E-state index contributed by atoms with van der Waals surface area (Å²) in [6, 6.07) is 6.60. The van der Waals surface area contributed by atoms with Crippen molar-refractivity contribution in [2.45, 2.75) is 32.8 Å². The molecule has 0 aliphatic rings. The summed E-state index contributed by atoms with van der Waals surface area (Å²) in [7, 11) is 0. The molecule has 16 heteroatoms. The number of aromatic hydroxyl groups is 2. The number of phenolic OH excluding ortho intramolecular Hbond substituents is 2. The van der Waals surface area contributed by atoms with E-state index in [4.69, 9.17) is 0 Å². The molecule has 0 saturated carbocycles. The predicted molar refractivity (Wildman–Crippen MR) is 186 cm³/mol. The molecule has 0 bridgehead atoms. The first-order chi connectivity index (χ1) is 21.0. The van der Waals surface area contributed by atoms with Crippen LogP contribution < -0.4 is 29.6 Å². The topological polar surface area (TPSA) is 138 Å². The molecule has 6 rings (SSSR count). The molecule has 1 unspecified atom stereocenters. The number of aryl methyl sites for hydroxylation is 2. The minimum atomic E-state index is -0.861. The van der Waals surface area contributed by atoms with Crippen LogP contribution in [0.5, 0.6) is 11.5 Å². The third-order valence-electron chi connectivity index (χ3n) is 6.82. The second kappa shape index (κ2) is 16.3. The Morgan fingerprint density at radius 2 is 1.26 bits per heavy atom. The fourth-order valence-electron chi connectivity index (χ4n) is 4.70. The summed E-state index contributed by atoms with van der Waals surface area (Å²) in [6.07, 6.45) is 10.6. The van der Waals surface area contributed by atoms with Crippen LogP contribution in [-0.4, -0.2) is 58.3 Å². The third kappa shape index (κ3) is 7.62. The van der Waals surface area contributed by atoms with Crippen molar-refractivity contribution in [1.29, 1.82) is 0 Å². The van der Waals surface area contributed by atoms with Gasteiger partial charge in [0.25, 0.3) is 0 Å². The quantitative estimate of drug-likeness (QED) is 0.168. The van der Waals surface area contributed by atoms with Gasteiger partial charge in [-0.1, -0.05) is 13.8 Å². The summed E-state index contributed by atoms with van der Waals surface area (Å²) >= 11 is 13.1. The van der Waals surface area contributed by atoms with Gasteiger partial charge >= 0.3 is 29.6 Å². The normalized spacial score (nSPS) is 11.4. The minimum absolute atomic E-state index is 0. The fourth-order valence-corrected chi connectivity index (χ4v) is 7.11. The number of halogens is 4. The van der Waals surface area contributed by atoms with Gasteiger partial charge in [-0.15, -0.1) is 0 Å². The van der Waals surface area contributed by atoms with Crippen molar-refractivity contribution in [2.75, 3.05) is 0 Å². The predicted octanol–water partition coefficient (Wildman–Crippen LogP) is 4.09. The van der Waals surface area contributed by atoms with E-state index in [1.807, 2.05) is 18.2 Å². The summed E-state index contributed by atoms with van der Waals surface area (Å²) in [5, 5.41) is 30.4. The average molecular weight is 887 g/mol. The maximum absolute atomic E-state index is 12.9. The van der Waals surface area contributed by atoms with Crippen molar-refractivity contribution in [3.63, 3.8) is 0 Å². The van der Waals surface area contributed by atoms with Crippen LogP contribution in [0.1, 0.15) is 60.1 Å². The van der Waals surface area contributed by atoms with Crippen LogP contribution >= 0.6 is 63.7 Å². The van der Waals surface area contributed by atoms with Gasteiger partial charge in [0, 0.05) is 38.8 Å². The number of ketones is 1. The number of aromatic nitrogens is 6. The molecule has 3 radical (unpaired) electrons. The molecule has 2 aromatic carbocycles. The van der Waals surface area contributed by atoms with E-state index in [-0.39, 0.29) is 56.7 Å². The Labute approximate surface area is 323 Å². The minimum Gasteiger partial charge on any atom is -1.00 e. The zero-order valence-corrected chi connectivity index (χ0v) is 33.1. The molecule has 1 atom stereocenters. The molecule has 6 aromatic rings. The van der Waals surface area contributed by atoms with Gasteiger partial charge in [-0.25, -0.2) is 9.97 Å². The van der Waals surface area contributed by atoms with Crippen molar-refractivity contribution in [2.24, 2.45) is 0 Å². The van der Waals surface area contributed by atoms with Crippen molar-refractivity contribution >= 4 is 89.2 Å². The first-order valence-electron chi connectivity index (χ1n) is 13.3.